The predicted octanol–water partition coefficient (Wildman–Crippen LogP) is 5.90. The lowest BCUT2D eigenvalue weighted by Crippen LogP contribution is -1.89. The van der Waals surface area contributed by atoms with Crippen LogP contribution in [-0.4, -0.2) is 4.98 Å². The average Bonchev–Trinajstić information content (AvgIpc) is 2.98. The van der Waals surface area contributed by atoms with E-state index in [1.54, 1.807) is 12.5 Å². The average molecular weight is 315 g/mol. The van der Waals surface area contributed by atoms with Crippen molar-refractivity contribution in [3.8, 4) is 22.8 Å². The molecule has 2 aromatic heterocycles. The van der Waals surface area contributed by atoms with Gasteiger partial charge in [-0.05, 0) is 42.7 Å². The number of fused-ring (bicyclic) bond motifs is 1. The number of ether oxygens (including phenoxy) is 1. The number of nitrogens with zero attached hydrogens (tertiary/aromatic N) is 1. The highest BCUT2D eigenvalue weighted by Crippen LogP contribution is 2.32. The summed E-state index contributed by atoms with van der Waals surface area (Å²) < 4.78 is 11.6. The summed E-state index contributed by atoms with van der Waals surface area (Å²) in [6, 6.07) is 18.1. The van der Waals surface area contributed by atoms with Crippen LogP contribution in [0.5, 0.6) is 11.6 Å². The van der Waals surface area contributed by atoms with Gasteiger partial charge in [-0.3, -0.25) is 0 Å². The zero-order chi connectivity index (χ0) is 16.5. The summed E-state index contributed by atoms with van der Waals surface area (Å²) in [5, 5.41) is 0.981. The van der Waals surface area contributed by atoms with Gasteiger partial charge in [-0.25, -0.2) is 4.98 Å². The van der Waals surface area contributed by atoms with Crippen LogP contribution < -0.4 is 4.74 Å². The number of aromatic nitrogens is 1. The minimum absolute atomic E-state index is 0.529. The minimum atomic E-state index is 0.529. The third kappa shape index (κ3) is 2.76. The molecular weight excluding hydrogens is 298 g/mol. The van der Waals surface area contributed by atoms with E-state index < -0.39 is 0 Å². The standard InChI is InChI=1S/C21H17NO2/c1-14-8-15(2)10-17(9-14)24-21-11-20-18(12-22-21)19(13-23-20)16-6-4-3-5-7-16/h3-13H,1-2H3. The van der Waals surface area contributed by atoms with Crippen molar-refractivity contribution in [3.05, 3.63) is 78.2 Å². The number of pyridine rings is 1. The van der Waals surface area contributed by atoms with Gasteiger partial charge in [-0.1, -0.05) is 36.4 Å². The van der Waals surface area contributed by atoms with E-state index in [0.717, 1.165) is 39.0 Å². The zero-order valence-corrected chi connectivity index (χ0v) is 13.6. The van der Waals surface area contributed by atoms with E-state index >= 15 is 0 Å². The first-order valence-corrected chi connectivity index (χ1v) is 7.88. The van der Waals surface area contributed by atoms with Crippen molar-refractivity contribution in [2.24, 2.45) is 0 Å². The van der Waals surface area contributed by atoms with E-state index in [9.17, 15) is 0 Å². The van der Waals surface area contributed by atoms with Crippen molar-refractivity contribution < 1.29 is 9.15 Å². The first kappa shape index (κ1) is 14.5. The summed E-state index contributed by atoms with van der Waals surface area (Å²) >= 11 is 0. The number of aryl methyl sites for hydroxylation is 2. The van der Waals surface area contributed by atoms with Crippen molar-refractivity contribution in [2.75, 3.05) is 0 Å². The van der Waals surface area contributed by atoms with Gasteiger partial charge < -0.3 is 9.15 Å². The van der Waals surface area contributed by atoms with Crippen LogP contribution in [0.2, 0.25) is 0 Å². The monoisotopic (exact) mass is 315 g/mol. The van der Waals surface area contributed by atoms with Crippen LogP contribution in [0.25, 0.3) is 22.1 Å². The number of hydrogen-bond acceptors (Lipinski definition) is 3. The Morgan fingerprint density at radius 3 is 2.42 bits per heavy atom. The number of rotatable bonds is 3. The second-order valence-corrected chi connectivity index (χ2v) is 5.96. The first-order valence-electron chi connectivity index (χ1n) is 7.88. The van der Waals surface area contributed by atoms with Crippen molar-refractivity contribution in [2.45, 2.75) is 13.8 Å². The molecule has 4 rings (SSSR count). The highest BCUT2D eigenvalue weighted by molar-refractivity contribution is 5.93. The van der Waals surface area contributed by atoms with Crippen LogP contribution in [0.3, 0.4) is 0 Å². The fraction of sp³-hybridized carbons (Fsp3) is 0.0952. The Hall–Kier alpha value is -3.07. The van der Waals surface area contributed by atoms with Gasteiger partial charge in [0.05, 0.1) is 6.26 Å². The highest BCUT2D eigenvalue weighted by atomic mass is 16.5. The summed E-state index contributed by atoms with van der Waals surface area (Å²) in [5.74, 6) is 1.32. The maximum Gasteiger partial charge on any atom is 0.222 e. The van der Waals surface area contributed by atoms with Gasteiger partial charge in [0.2, 0.25) is 5.88 Å². The molecule has 0 aliphatic rings. The summed E-state index contributed by atoms with van der Waals surface area (Å²) in [5.41, 5.74) is 5.24. The molecule has 0 aliphatic heterocycles. The highest BCUT2D eigenvalue weighted by Gasteiger charge is 2.10. The summed E-state index contributed by atoms with van der Waals surface area (Å²) in [6.07, 6.45) is 3.57. The Morgan fingerprint density at radius 2 is 1.67 bits per heavy atom. The topological polar surface area (TPSA) is 35.3 Å². The number of hydrogen-bond donors (Lipinski definition) is 0. The predicted molar refractivity (Wildman–Crippen MR) is 95.4 cm³/mol. The normalized spacial score (nSPS) is 10.9. The molecule has 0 aliphatic carbocycles. The van der Waals surface area contributed by atoms with E-state index in [-0.39, 0.29) is 0 Å². The van der Waals surface area contributed by atoms with Crippen molar-refractivity contribution >= 4 is 11.0 Å². The summed E-state index contributed by atoms with van der Waals surface area (Å²) in [6.45, 7) is 4.10. The quantitative estimate of drug-likeness (QED) is 0.472. The molecule has 0 atom stereocenters. The van der Waals surface area contributed by atoms with E-state index in [1.807, 2.05) is 36.4 Å². The van der Waals surface area contributed by atoms with Crippen LogP contribution in [0.15, 0.2) is 71.5 Å². The van der Waals surface area contributed by atoms with Crippen LogP contribution in [0.1, 0.15) is 11.1 Å². The maximum atomic E-state index is 5.89. The van der Waals surface area contributed by atoms with E-state index in [0.29, 0.717) is 5.88 Å². The van der Waals surface area contributed by atoms with Gasteiger partial charge >= 0.3 is 0 Å². The van der Waals surface area contributed by atoms with Crippen LogP contribution in [0, 0.1) is 13.8 Å². The Morgan fingerprint density at radius 1 is 0.917 bits per heavy atom. The van der Waals surface area contributed by atoms with Crippen molar-refractivity contribution in [1.29, 1.82) is 0 Å². The van der Waals surface area contributed by atoms with E-state index in [2.05, 4.69) is 37.0 Å². The SMILES string of the molecule is Cc1cc(C)cc(Oc2cc3occ(-c4ccccc4)c3cn2)c1. The molecule has 4 aromatic rings. The second kappa shape index (κ2) is 5.85. The molecule has 3 heteroatoms. The van der Waals surface area contributed by atoms with Gasteiger partial charge in [0, 0.05) is 23.2 Å². The van der Waals surface area contributed by atoms with Crippen molar-refractivity contribution in [3.63, 3.8) is 0 Å². The van der Waals surface area contributed by atoms with Gasteiger partial charge in [0.25, 0.3) is 0 Å². The molecule has 2 aromatic carbocycles. The lowest BCUT2D eigenvalue weighted by molar-refractivity contribution is 0.461. The fourth-order valence-corrected chi connectivity index (χ4v) is 2.91. The molecule has 0 bridgehead atoms. The first-order chi connectivity index (χ1) is 11.7. The summed E-state index contributed by atoms with van der Waals surface area (Å²) in [7, 11) is 0. The Balaban J connectivity index is 1.69. The molecule has 24 heavy (non-hydrogen) atoms. The third-order valence-corrected chi connectivity index (χ3v) is 3.94. The van der Waals surface area contributed by atoms with Gasteiger partial charge in [-0.2, -0.15) is 0 Å². The lowest BCUT2D eigenvalue weighted by atomic mass is 10.1. The maximum absolute atomic E-state index is 5.89. The van der Waals surface area contributed by atoms with Crippen molar-refractivity contribution in [1.82, 2.24) is 4.98 Å². The Bertz CT molecular complexity index is 983. The number of furan rings is 1. The van der Waals surface area contributed by atoms with E-state index in [1.165, 1.54) is 0 Å². The minimum Gasteiger partial charge on any atom is -0.463 e. The van der Waals surface area contributed by atoms with Gasteiger partial charge in [-0.15, -0.1) is 0 Å². The summed E-state index contributed by atoms with van der Waals surface area (Å²) in [4.78, 5) is 4.44. The molecule has 3 nitrogen and oxygen atoms in total. The molecule has 0 amide bonds. The molecule has 0 unspecified atom stereocenters. The molecule has 0 saturated heterocycles. The zero-order valence-electron chi connectivity index (χ0n) is 13.6. The van der Waals surface area contributed by atoms with Gasteiger partial charge in [0.15, 0.2) is 0 Å². The van der Waals surface area contributed by atoms with Crippen LogP contribution in [-0.2, 0) is 0 Å². The molecule has 2 heterocycles. The molecule has 118 valence electrons. The smallest absolute Gasteiger partial charge is 0.222 e. The van der Waals surface area contributed by atoms with Crippen LogP contribution in [0.4, 0.5) is 0 Å². The largest absolute Gasteiger partial charge is 0.463 e. The van der Waals surface area contributed by atoms with E-state index in [4.69, 9.17) is 9.15 Å². The Kier molecular flexibility index (Phi) is 3.54. The second-order valence-electron chi connectivity index (χ2n) is 5.96. The lowest BCUT2D eigenvalue weighted by Gasteiger charge is -2.07. The molecule has 0 spiro atoms. The molecule has 0 N–H and O–H groups in total. The third-order valence-electron chi connectivity index (χ3n) is 3.94. The fourth-order valence-electron chi connectivity index (χ4n) is 2.91. The van der Waals surface area contributed by atoms with Crippen LogP contribution >= 0.6 is 0 Å². The molecular formula is C21H17NO2. The molecule has 0 radical (unpaired) electrons. The molecule has 0 saturated carbocycles. The number of benzene rings is 2. The Labute approximate surface area is 140 Å². The van der Waals surface area contributed by atoms with Gasteiger partial charge in [0.1, 0.15) is 11.3 Å². The molecule has 0 fully saturated rings.